The maximum atomic E-state index is 13.5. The molecule has 1 aliphatic heterocycles. The second-order valence-corrected chi connectivity index (χ2v) is 11.6. The van der Waals surface area contributed by atoms with Gasteiger partial charge < -0.3 is 25.1 Å². The summed E-state index contributed by atoms with van der Waals surface area (Å²) in [4.78, 5) is 31.5. The van der Waals surface area contributed by atoms with Crippen molar-refractivity contribution < 1.29 is 32.3 Å². The lowest BCUT2D eigenvalue weighted by molar-refractivity contribution is -0.149. The fourth-order valence-corrected chi connectivity index (χ4v) is 5.80. The first-order valence-electron chi connectivity index (χ1n) is 14.1. The number of aryl methyl sites for hydroxylation is 1. The Kier molecular flexibility index (Phi) is 7.16. The first-order chi connectivity index (χ1) is 19.6. The van der Waals surface area contributed by atoms with Gasteiger partial charge in [-0.3, -0.25) is 9.48 Å². The normalized spacial score (nSPS) is 21.0. The van der Waals surface area contributed by atoms with Crippen molar-refractivity contribution in [1.82, 2.24) is 30.3 Å². The van der Waals surface area contributed by atoms with Crippen LogP contribution in [0.5, 0.6) is 0 Å². The Balaban J connectivity index is 1.24. The Morgan fingerprint density at radius 1 is 1.22 bits per heavy atom. The van der Waals surface area contributed by atoms with Gasteiger partial charge in [0, 0.05) is 19.3 Å². The third kappa shape index (κ3) is 6.04. The van der Waals surface area contributed by atoms with Crippen molar-refractivity contribution in [3.63, 3.8) is 0 Å². The standard InChI is InChI=1S/C28H33F3N6O4/c1-15(38)9-11-37-20(8-10-32-37)25(39)35-24(23(17-3-4-17)18-5-6-18)26-33-19-12-16(2-7-21(19)41-26)13-36-14-22(28(29,30)31)34-27(36)40/h2,7-8,10,12,15,17-18,22-24,38H,3-6,9,11,13-14H2,1H3,(H,34,40)(H,35,39)/t15?,22-,24-/m0/s1. The summed E-state index contributed by atoms with van der Waals surface area (Å²) in [5, 5.41) is 19.1. The van der Waals surface area contributed by atoms with E-state index in [1.807, 2.05) is 5.32 Å². The van der Waals surface area contributed by atoms with Crippen molar-refractivity contribution in [3.05, 3.63) is 47.6 Å². The number of aliphatic hydroxyl groups excluding tert-OH is 1. The van der Waals surface area contributed by atoms with Gasteiger partial charge >= 0.3 is 12.2 Å². The van der Waals surface area contributed by atoms with E-state index in [-0.39, 0.29) is 18.4 Å². The Morgan fingerprint density at radius 3 is 2.59 bits per heavy atom. The van der Waals surface area contributed by atoms with E-state index >= 15 is 0 Å². The van der Waals surface area contributed by atoms with Gasteiger partial charge in [-0.25, -0.2) is 9.78 Å². The molecule has 3 heterocycles. The van der Waals surface area contributed by atoms with Gasteiger partial charge in [0.05, 0.1) is 12.6 Å². The lowest BCUT2D eigenvalue weighted by Crippen LogP contribution is -2.40. The highest BCUT2D eigenvalue weighted by Gasteiger charge is 2.49. The molecule has 220 valence electrons. The highest BCUT2D eigenvalue weighted by Crippen LogP contribution is 2.54. The Morgan fingerprint density at radius 2 is 1.95 bits per heavy atom. The summed E-state index contributed by atoms with van der Waals surface area (Å²) in [7, 11) is 0. The summed E-state index contributed by atoms with van der Waals surface area (Å²) in [6.07, 6.45) is 1.33. The molecule has 0 bridgehead atoms. The van der Waals surface area contributed by atoms with Crippen LogP contribution in [0, 0.1) is 17.8 Å². The predicted octanol–water partition coefficient (Wildman–Crippen LogP) is 4.16. The monoisotopic (exact) mass is 574 g/mol. The summed E-state index contributed by atoms with van der Waals surface area (Å²) < 4.78 is 47.0. The highest BCUT2D eigenvalue weighted by atomic mass is 19.4. The number of fused-ring (bicyclic) bond motifs is 1. The second kappa shape index (κ2) is 10.7. The van der Waals surface area contributed by atoms with Crippen LogP contribution in [0.3, 0.4) is 0 Å². The molecule has 1 unspecified atom stereocenters. The Bertz CT molecular complexity index is 1420. The first kappa shape index (κ1) is 27.6. The van der Waals surface area contributed by atoms with E-state index in [0.29, 0.717) is 53.0 Å². The molecule has 0 radical (unpaired) electrons. The molecule has 2 aromatic heterocycles. The van der Waals surface area contributed by atoms with Crippen LogP contribution < -0.4 is 10.6 Å². The fraction of sp³-hybridized carbons (Fsp3) is 0.571. The number of aliphatic hydroxyl groups is 1. The van der Waals surface area contributed by atoms with Gasteiger partial charge in [-0.15, -0.1) is 0 Å². The van der Waals surface area contributed by atoms with E-state index in [9.17, 15) is 27.9 Å². The Labute approximate surface area is 234 Å². The molecular formula is C28H33F3N6O4. The molecule has 6 rings (SSSR count). The van der Waals surface area contributed by atoms with Gasteiger partial charge in [0.1, 0.15) is 23.3 Å². The molecule has 1 saturated heterocycles. The van der Waals surface area contributed by atoms with Crippen molar-refractivity contribution in [3.8, 4) is 0 Å². The van der Waals surface area contributed by atoms with Crippen molar-refractivity contribution in [2.45, 2.75) is 76.5 Å². The van der Waals surface area contributed by atoms with Crippen molar-refractivity contribution in [2.75, 3.05) is 6.54 Å². The zero-order valence-corrected chi connectivity index (χ0v) is 22.6. The smallest absolute Gasteiger partial charge is 0.410 e. The molecule has 3 N–H and O–H groups in total. The van der Waals surface area contributed by atoms with E-state index in [1.165, 1.54) is 0 Å². The van der Waals surface area contributed by atoms with Crippen LogP contribution in [-0.4, -0.2) is 61.6 Å². The summed E-state index contributed by atoms with van der Waals surface area (Å²) in [5.41, 5.74) is 2.02. The Hall–Kier alpha value is -3.61. The molecule has 3 aromatic rings. The minimum atomic E-state index is -4.51. The molecule has 2 saturated carbocycles. The molecule has 0 spiro atoms. The summed E-state index contributed by atoms with van der Waals surface area (Å²) >= 11 is 0. The van der Waals surface area contributed by atoms with Gasteiger partial charge in [-0.2, -0.15) is 18.3 Å². The maximum Gasteiger partial charge on any atom is 0.410 e. The predicted molar refractivity (Wildman–Crippen MR) is 140 cm³/mol. The number of benzene rings is 1. The SMILES string of the molecule is CC(O)CCn1nccc1C(=O)N[C@H](c1nc2cc(CN3C[C@@H](C(F)(F)F)NC3=O)ccc2o1)C(C1CC1)C1CC1. The number of nitrogens with zero attached hydrogens (tertiary/aromatic N) is 4. The maximum absolute atomic E-state index is 13.5. The van der Waals surface area contributed by atoms with Gasteiger partial charge in [0.2, 0.25) is 5.89 Å². The number of alkyl halides is 3. The van der Waals surface area contributed by atoms with E-state index in [0.717, 1.165) is 30.6 Å². The van der Waals surface area contributed by atoms with Crippen LogP contribution in [-0.2, 0) is 13.1 Å². The summed E-state index contributed by atoms with van der Waals surface area (Å²) in [6.45, 7) is 1.63. The quantitative estimate of drug-likeness (QED) is 0.316. The van der Waals surface area contributed by atoms with Gasteiger partial charge in [-0.05, 0) is 80.5 Å². The minimum Gasteiger partial charge on any atom is -0.438 e. The topological polar surface area (TPSA) is 126 Å². The van der Waals surface area contributed by atoms with Gasteiger partial charge in [0.15, 0.2) is 5.58 Å². The van der Waals surface area contributed by atoms with E-state index < -0.39 is 36.9 Å². The number of nitrogens with one attached hydrogen (secondary N) is 2. The minimum absolute atomic E-state index is 0.0000686. The number of hydrogen-bond acceptors (Lipinski definition) is 6. The van der Waals surface area contributed by atoms with Crippen LogP contribution in [0.4, 0.5) is 18.0 Å². The number of urea groups is 1. The number of rotatable bonds is 11. The number of hydrogen-bond donors (Lipinski definition) is 3. The molecule has 10 nitrogen and oxygen atoms in total. The molecule has 41 heavy (non-hydrogen) atoms. The number of amides is 3. The summed E-state index contributed by atoms with van der Waals surface area (Å²) in [6, 6.07) is 3.64. The lowest BCUT2D eigenvalue weighted by atomic mass is 9.89. The second-order valence-electron chi connectivity index (χ2n) is 11.6. The number of carbonyl (C=O) groups excluding carboxylic acids is 2. The van der Waals surface area contributed by atoms with Crippen LogP contribution in [0.1, 0.15) is 67.0 Å². The third-order valence-electron chi connectivity index (χ3n) is 8.20. The zero-order chi connectivity index (χ0) is 28.9. The molecule has 1 aromatic carbocycles. The van der Waals surface area contributed by atoms with Crippen molar-refractivity contribution in [2.24, 2.45) is 17.8 Å². The van der Waals surface area contributed by atoms with E-state index in [1.54, 1.807) is 42.1 Å². The average molecular weight is 575 g/mol. The van der Waals surface area contributed by atoms with Crippen LogP contribution in [0.2, 0.25) is 0 Å². The van der Waals surface area contributed by atoms with E-state index in [2.05, 4.69) is 10.4 Å². The molecule has 3 aliphatic rings. The number of halogens is 3. The zero-order valence-electron chi connectivity index (χ0n) is 22.6. The number of aromatic nitrogens is 3. The average Bonchev–Trinajstić information content (AvgIpc) is 3.80. The first-order valence-corrected chi connectivity index (χ1v) is 14.1. The largest absolute Gasteiger partial charge is 0.438 e. The molecule has 13 heteroatoms. The fourth-order valence-electron chi connectivity index (χ4n) is 5.80. The van der Waals surface area contributed by atoms with Gasteiger partial charge in [0.25, 0.3) is 5.91 Å². The summed E-state index contributed by atoms with van der Waals surface area (Å²) in [5.74, 6) is 1.20. The highest BCUT2D eigenvalue weighted by molar-refractivity contribution is 5.92. The van der Waals surface area contributed by atoms with E-state index in [4.69, 9.17) is 9.40 Å². The number of oxazole rings is 1. The van der Waals surface area contributed by atoms with Crippen LogP contribution in [0.25, 0.3) is 11.1 Å². The lowest BCUT2D eigenvalue weighted by Gasteiger charge is -2.26. The molecule has 3 amide bonds. The van der Waals surface area contributed by atoms with Gasteiger partial charge in [-0.1, -0.05) is 6.07 Å². The third-order valence-corrected chi connectivity index (χ3v) is 8.20. The van der Waals surface area contributed by atoms with Crippen LogP contribution >= 0.6 is 0 Å². The van der Waals surface area contributed by atoms with Crippen molar-refractivity contribution >= 4 is 23.0 Å². The molecule has 3 fully saturated rings. The molecular weight excluding hydrogens is 541 g/mol. The molecule has 3 atom stereocenters. The van der Waals surface area contributed by atoms with Crippen LogP contribution in [0.15, 0.2) is 34.9 Å². The number of carbonyl (C=O) groups is 2. The molecule has 2 aliphatic carbocycles. The van der Waals surface area contributed by atoms with Crippen molar-refractivity contribution in [1.29, 1.82) is 0 Å².